The maximum absolute atomic E-state index is 12.0. The van der Waals surface area contributed by atoms with Gasteiger partial charge in [0.1, 0.15) is 6.33 Å². The average Bonchev–Trinajstić information content (AvgIpc) is 3.26. The van der Waals surface area contributed by atoms with E-state index in [9.17, 15) is 14.9 Å². The fourth-order valence-electron chi connectivity index (χ4n) is 3.08. The van der Waals surface area contributed by atoms with Crippen molar-refractivity contribution in [2.24, 2.45) is 0 Å². The number of hydrogen-bond donors (Lipinski definition) is 2. The van der Waals surface area contributed by atoms with Crippen molar-refractivity contribution < 1.29 is 23.9 Å². The van der Waals surface area contributed by atoms with Gasteiger partial charge in [-0.3, -0.25) is 10.1 Å². The third kappa shape index (κ3) is 4.51. The molecule has 11 heteroatoms. The standard InChI is InChI=1S/C21H19N5O6/c1-2-30-21(27)14-4-3-5-15(9-14)25-20-18(26(28)29)19(23-11-24-20)22-10-13-6-7-16-17(8-13)32-12-31-16/h3-9,11H,2,10,12H2,1H3,(H2,22,23,24,25). The number of anilines is 3. The molecule has 0 spiro atoms. The molecule has 0 atom stereocenters. The van der Waals surface area contributed by atoms with Gasteiger partial charge in [-0.2, -0.15) is 0 Å². The summed E-state index contributed by atoms with van der Waals surface area (Å²) in [6.07, 6.45) is 1.21. The van der Waals surface area contributed by atoms with Crippen molar-refractivity contribution >= 4 is 29.0 Å². The molecule has 0 fully saturated rings. The zero-order valence-corrected chi connectivity index (χ0v) is 17.0. The first-order chi connectivity index (χ1) is 15.5. The second kappa shape index (κ2) is 9.16. The zero-order valence-electron chi connectivity index (χ0n) is 17.0. The number of benzene rings is 2. The Kier molecular flexibility index (Phi) is 5.97. The largest absolute Gasteiger partial charge is 0.462 e. The van der Waals surface area contributed by atoms with Crippen LogP contribution in [0, 0.1) is 10.1 Å². The van der Waals surface area contributed by atoms with Gasteiger partial charge in [-0.15, -0.1) is 0 Å². The number of nitro groups is 1. The molecule has 164 valence electrons. The number of esters is 1. The Morgan fingerprint density at radius 1 is 1.16 bits per heavy atom. The highest BCUT2D eigenvalue weighted by atomic mass is 16.7. The summed E-state index contributed by atoms with van der Waals surface area (Å²) in [6.45, 7) is 2.39. The molecule has 0 bridgehead atoms. The number of hydrogen-bond acceptors (Lipinski definition) is 10. The highest BCUT2D eigenvalue weighted by Crippen LogP contribution is 2.34. The highest BCUT2D eigenvalue weighted by molar-refractivity contribution is 5.91. The van der Waals surface area contributed by atoms with Crippen molar-refractivity contribution in [2.75, 3.05) is 24.0 Å². The van der Waals surface area contributed by atoms with Gasteiger partial charge in [-0.05, 0) is 42.8 Å². The molecular formula is C21H19N5O6. The third-order valence-corrected chi connectivity index (χ3v) is 4.54. The summed E-state index contributed by atoms with van der Waals surface area (Å²) >= 11 is 0. The molecule has 1 aliphatic heterocycles. The first-order valence-electron chi connectivity index (χ1n) is 9.71. The summed E-state index contributed by atoms with van der Waals surface area (Å²) in [5.74, 6) is 0.814. The predicted molar refractivity (Wildman–Crippen MR) is 114 cm³/mol. The van der Waals surface area contributed by atoms with Crippen LogP contribution in [0.25, 0.3) is 0 Å². The van der Waals surface area contributed by atoms with Crippen molar-refractivity contribution in [2.45, 2.75) is 13.5 Å². The van der Waals surface area contributed by atoms with E-state index in [0.717, 1.165) is 5.56 Å². The van der Waals surface area contributed by atoms with E-state index in [-0.39, 0.29) is 37.3 Å². The molecule has 1 aromatic heterocycles. The number of fused-ring (bicyclic) bond motifs is 1. The van der Waals surface area contributed by atoms with Crippen LogP contribution in [0.15, 0.2) is 48.8 Å². The number of ether oxygens (including phenoxy) is 3. The average molecular weight is 437 g/mol. The monoisotopic (exact) mass is 437 g/mol. The fourth-order valence-corrected chi connectivity index (χ4v) is 3.08. The SMILES string of the molecule is CCOC(=O)c1cccc(Nc2ncnc(NCc3ccc4c(c3)OCO4)c2[N+](=O)[O-])c1. The Balaban J connectivity index is 1.55. The molecule has 2 N–H and O–H groups in total. The molecule has 2 aromatic carbocycles. The molecule has 0 amide bonds. The number of nitrogens with one attached hydrogen (secondary N) is 2. The maximum atomic E-state index is 12.0. The molecule has 0 radical (unpaired) electrons. The minimum absolute atomic E-state index is 0.0146. The molecular weight excluding hydrogens is 418 g/mol. The van der Waals surface area contributed by atoms with Crippen molar-refractivity contribution in [3.05, 3.63) is 70.0 Å². The van der Waals surface area contributed by atoms with Crippen molar-refractivity contribution in [1.29, 1.82) is 0 Å². The minimum Gasteiger partial charge on any atom is -0.462 e. The molecule has 0 saturated carbocycles. The number of carbonyl (C=O) groups excluding carboxylic acids is 1. The number of carbonyl (C=O) groups is 1. The van der Waals surface area contributed by atoms with Crippen LogP contribution < -0.4 is 20.1 Å². The Morgan fingerprint density at radius 3 is 2.78 bits per heavy atom. The van der Waals surface area contributed by atoms with Gasteiger partial charge in [0, 0.05) is 12.2 Å². The Labute approximate surface area is 182 Å². The van der Waals surface area contributed by atoms with E-state index in [2.05, 4.69) is 20.6 Å². The smallest absolute Gasteiger partial charge is 0.353 e. The number of nitrogens with zero attached hydrogens (tertiary/aromatic N) is 3. The lowest BCUT2D eigenvalue weighted by atomic mass is 10.2. The summed E-state index contributed by atoms with van der Waals surface area (Å²) in [4.78, 5) is 31.2. The normalized spacial score (nSPS) is 11.7. The van der Waals surface area contributed by atoms with Gasteiger partial charge in [0.2, 0.25) is 18.4 Å². The Hall–Kier alpha value is -4.41. The quantitative estimate of drug-likeness (QED) is 0.305. The van der Waals surface area contributed by atoms with Gasteiger partial charge in [-0.1, -0.05) is 12.1 Å². The van der Waals surface area contributed by atoms with Crippen LogP contribution in [-0.4, -0.2) is 34.3 Å². The second-order valence-electron chi connectivity index (χ2n) is 6.64. The molecule has 4 rings (SSSR count). The Bertz CT molecular complexity index is 1170. The lowest BCUT2D eigenvalue weighted by Gasteiger charge is -2.11. The predicted octanol–water partition coefficient (Wildman–Crippen LogP) is 3.65. The first-order valence-corrected chi connectivity index (χ1v) is 9.71. The lowest BCUT2D eigenvalue weighted by molar-refractivity contribution is -0.383. The molecule has 3 aromatic rings. The van der Waals surface area contributed by atoms with Gasteiger partial charge in [-0.25, -0.2) is 14.8 Å². The minimum atomic E-state index is -0.570. The van der Waals surface area contributed by atoms with Crippen molar-refractivity contribution in [3.8, 4) is 11.5 Å². The summed E-state index contributed by atoms with van der Waals surface area (Å²) < 4.78 is 15.6. The van der Waals surface area contributed by atoms with Crippen LogP contribution >= 0.6 is 0 Å². The van der Waals surface area contributed by atoms with E-state index in [1.807, 2.05) is 6.07 Å². The molecule has 0 aliphatic carbocycles. The fraction of sp³-hybridized carbons (Fsp3) is 0.190. The summed E-state index contributed by atoms with van der Waals surface area (Å²) in [6, 6.07) is 11.8. The molecule has 1 aliphatic rings. The van der Waals surface area contributed by atoms with Crippen LogP contribution in [0.4, 0.5) is 23.0 Å². The molecule has 11 nitrogen and oxygen atoms in total. The van der Waals surface area contributed by atoms with Crippen LogP contribution in [0.1, 0.15) is 22.8 Å². The van der Waals surface area contributed by atoms with E-state index >= 15 is 0 Å². The van der Waals surface area contributed by atoms with Crippen LogP contribution in [0.5, 0.6) is 11.5 Å². The summed E-state index contributed by atoms with van der Waals surface area (Å²) in [5.41, 5.74) is 1.27. The van der Waals surface area contributed by atoms with E-state index in [1.165, 1.54) is 12.4 Å². The number of aromatic nitrogens is 2. The third-order valence-electron chi connectivity index (χ3n) is 4.54. The van der Waals surface area contributed by atoms with E-state index < -0.39 is 10.9 Å². The number of rotatable bonds is 8. The van der Waals surface area contributed by atoms with Crippen molar-refractivity contribution in [3.63, 3.8) is 0 Å². The van der Waals surface area contributed by atoms with E-state index in [0.29, 0.717) is 22.7 Å². The highest BCUT2D eigenvalue weighted by Gasteiger charge is 2.23. The van der Waals surface area contributed by atoms with Gasteiger partial charge >= 0.3 is 11.7 Å². The Morgan fingerprint density at radius 2 is 1.97 bits per heavy atom. The molecule has 32 heavy (non-hydrogen) atoms. The second-order valence-corrected chi connectivity index (χ2v) is 6.64. The maximum Gasteiger partial charge on any atom is 0.353 e. The van der Waals surface area contributed by atoms with Crippen molar-refractivity contribution in [1.82, 2.24) is 9.97 Å². The van der Waals surface area contributed by atoms with E-state index in [4.69, 9.17) is 14.2 Å². The topological polar surface area (TPSA) is 138 Å². The summed E-state index contributed by atoms with van der Waals surface area (Å²) in [7, 11) is 0. The lowest BCUT2D eigenvalue weighted by Crippen LogP contribution is -2.09. The zero-order chi connectivity index (χ0) is 22.5. The van der Waals surface area contributed by atoms with Crippen LogP contribution in [-0.2, 0) is 11.3 Å². The van der Waals surface area contributed by atoms with Crippen LogP contribution in [0.2, 0.25) is 0 Å². The summed E-state index contributed by atoms with van der Waals surface area (Å²) in [5, 5.41) is 17.7. The van der Waals surface area contributed by atoms with Crippen LogP contribution in [0.3, 0.4) is 0 Å². The van der Waals surface area contributed by atoms with Gasteiger partial charge in [0.25, 0.3) is 0 Å². The molecule has 0 unspecified atom stereocenters. The van der Waals surface area contributed by atoms with Gasteiger partial charge in [0.05, 0.1) is 17.1 Å². The van der Waals surface area contributed by atoms with Gasteiger partial charge in [0.15, 0.2) is 11.5 Å². The first kappa shape index (κ1) is 20.8. The molecule has 0 saturated heterocycles. The molecule has 2 heterocycles. The van der Waals surface area contributed by atoms with E-state index in [1.54, 1.807) is 37.3 Å². The van der Waals surface area contributed by atoms with Gasteiger partial charge < -0.3 is 24.8 Å².